The van der Waals surface area contributed by atoms with Gasteiger partial charge in [0, 0.05) is 4.47 Å². The van der Waals surface area contributed by atoms with Crippen molar-refractivity contribution in [3.05, 3.63) is 37.7 Å². The number of rotatable bonds is 3. The minimum atomic E-state index is -1.04. The maximum atomic E-state index is 13.3. The second kappa shape index (κ2) is 5.24. The molecule has 0 atom stereocenters. The van der Waals surface area contributed by atoms with Crippen LogP contribution in [-0.2, 0) is 6.61 Å². The van der Waals surface area contributed by atoms with Crippen LogP contribution in [0.5, 0.6) is 5.75 Å². The Labute approximate surface area is 113 Å². The molecule has 17 heavy (non-hydrogen) atoms. The molecule has 0 bridgehead atoms. The van der Waals surface area contributed by atoms with Crippen molar-refractivity contribution >= 4 is 38.9 Å². The van der Waals surface area contributed by atoms with Gasteiger partial charge in [-0.15, -0.1) is 10.2 Å². The summed E-state index contributed by atoms with van der Waals surface area (Å²) in [5.41, 5.74) is 0. The quantitative estimate of drug-likeness (QED) is 0.796. The van der Waals surface area contributed by atoms with Crippen LogP contribution in [0.2, 0.25) is 4.47 Å². The van der Waals surface area contributed by atoms with Crippen molar-refractivity contribution in [3.8, 4) is 5.75 Å². The van der Waals surface area contributed by atoms with E-state index in [-0.39, 0.29) is 16.8 Å². The van der Waals surface area contributed by atoms with E-state index in [0.29, 0.717) is 9.48 Å². The number of aromatic nitrogens is 2. The highest BCUT2D eigenvalue weighted by Gasteiger charge is 2.12. The van der Waals surface area contributed by atoms with E-state index in [1.54, 1.807) is 0 Å². The largest absolute Gasteiger partial charge is 0.483 e. The van der Waals surface area contributed by atoms with Crippen molar-refractivity contribution < 1.29 is 13.5 Å². The molecule has 0 unspecified atom stereocenters. The Balaban J connectivity index is 2.14. The number of ether oxygens (including phenoxy) is 1. The Bertz CT molecular complexity index is 552. The summed E-state index contributed by atoms with van der Waals surface area (Å²) in [6.07, 6.45) is 0. The summed E-state index contributed by atoms with van der Waals surface area (Å²) in [4.78, 5) is 0. The Kier molecular flexibility index (Phi) is 3.90. The van der Waals surface area contributed by atoms with Crippen LogP contribution in [0.15, 0.2) is 16.6 Å². The lowest BCUT2D eigenvalue weighted by molar-refractivity contribution is 0.283. The van der Waals surface area contributed by atoms with Gasteiger partial charge in [-0.05, 0) is 23.7 Å². The zero-order chi connectivity index (χ0) is 12.4. The summed E-state index contributed by atoms with van der Waals surface area (Å²) >= 11 is 9.73. The fourth-order valence-corrected chi connectivity index (χ4v) is 2.26. The predicted octanol–water partition coefficient (Wildman–Crippen LogP) is 3.81. The van der Waals surface area contributed by atoms with Crippen LogP contribution in [0.3, 0.4) is 0 Å². The summed E-state index contributed by atoms with van der Waals surface area (Å²) in [7, 11) is 0. The number of benzene rings is 1. The van der Waals surface area contributed by atoms with Crippen LogP contribution in [0.4, 0.5) is 8.78 Å². The van der Waals surface area contributed by atoms with Crippen LogP contribution < -0.4 is 4.74 Å². The van der Waals surface area contributed by atoms with Crippen LogP contribution >= 0.6 is 38.9 Å². The summed E-state index contributed by atoms with van der Waals surface area (Å²) in [6, 6.07) is 2.35. The Morgan fingerprint density at radius 1 is 1.35 bits per heavy atom. The molecule has 1 heterocycles. The second-order valence-electron chi connectivity index (χ2n) is 2.94. The summed E-state index contributed by atoms with van der Waals surface area (Å²) in [6.45, 7) is -0.0167. The van der Waals surface area contributed by atoms with Crippen molar-refractivity contribution in [1.29, 1.82) is 0 Å². The molecule has 0 saturated heterocycles. The van der Waals surface area contributed by atoms with Crippen molar-refractivity contribution in [2.24, 2.45) is 0 Å². The molecule has 0 saturated carbocycles. The molecule has 0 aliphatic heterocycles. The van der Waals surface area contributed by atoms with Gasteiger partial charge < -0.3 is 4.74 Å². The van der Waals surface area contributed by atoms with Gasteiger partial charge in [0.1, 0.15) is 6.61 Å². The molecule has 0 spiro atoms. The molecule has 2 rings (SSSR count). The third-order valence-corrected chi connectivity index (χ3v) is 3.20. The molecule has 0 aliphatic carbocycles. The smallest absolute Gasteiger partial charge is 0.207 e. The van der Waals surface area contributed by atoms with E-state index in [0.717, 1.165) is 17.4 Å². The van der Waals surface area contributed by atoms with E-state index in [1.807, 2.05) is 0 Å². The van der Waals surface area contributed by atoms with E-state index in [4.69, 9.17) is 16.3 Å². The molecule has 8 heteroatoms. The normalized spacial score (nSPS) is 10.6. The van der Waals surface area contributed by atoms with Crippen LogP contribution in [0.25, 0.3) is 0 Å². The molecular weight excluding hydrogens is 338 g/mol. The zero-order valence-corrected chi connectivity index (χ0v) is 11.2. The van der Waals surface area contributed by atoms with E-state index in [1.165, 1.54) is 6.07 Å². The molecular formula is C9H4BrClF2N2OS. The Morgan fingerprint density at radius 2 is 2.12 bits per heavy atom. The summed E-state index contributed by atoms with van der Waals surface area (Å²) in [5, 5.41) is 7.73. The van der Waals surface area contributed by atoms with E-state index < -0.39 is 11.6 Å². The van der Waals surface area contributed by atoms with Crippen LogP contribution in [0.1, 0.15) is 5.01 Å². The molecule has 1 aromatic carbocycles. The van der Waals surface area contributed by atoms with Gasteiger partial charge in [-0.3, -0.25) is 0 Å². The maximum absolute atomic E-state index is 13.3. The standard InChI is InChI=1S/C9H4BrClF2N2OS/c10-4-1-5(12)8(13)6(2-4)16-3-7-14-15-9(11)17-7/h1-2H,3H2. The van der Waals surface area contributed by atoms with E-state index in [9.17, 15) is 8.78 Å². The average Bonchev–Trinajstić information content (AvgIpc) is 2.67. The molecule has 0 radical (unpaired) electrons. The summed E-state index contributed by atoms with van der Waals surface area (Å²) in [5.74, 6) is -2.21. The van der Waals surface area contributed by atoms with Gasteiger partial charge >= 0.3 is 0 Å². The second-order valence-corrected chi connectivity index (χ2v) is 5.50. The van der Waals surface area contributed by atoms with Crippen molar-refractivity contribution in [2.75, 3.05) is 0 Å². The number of hydrogen-bond donors (Lipinski definition) is 0. The van der Waals surface area contributed by atoms with Gasteiger partial charge in [0.2, 0.25) is 10.3 Å². The highest BCUT2D eigenvalue weighted by molar-refractivity contribution is 9.10. The average molecular weight is 342 g/mol. The Morgan fingerprint density at radius 3 is 2.76 bits per heavy atom. The molecule has 0 amide bonds. The predicted molar refractivity (Wildman–Crippen MR) is 63.3 cm³/mol. The zero-order valence-electron chi connectivity index (χ0n) is 8.08. The number of halogens is 4. The Hall–Kier alpha value is -0.790. The first-order chi connectivity index (χ1) is 8.06. The van der Waals surface area contributed by atoms with Gasteiger partial charge in [-0.25, -0.2) is 4.39 Å². The van der Waals surface area contributed by atoms with Gasteiger partial charge in [-0.2, -0.15) is 4.39 Å². The highest BCUT2D eigenvalue weighted by atomic mass is 79.9. The summed E-state index contributed by atoms with van der Waals surface area (Å²) < 4.78 is 32.1. The lowest BCUT2D eigenvalue weighted by atomic mass is 10.3. The maximum Gasteiger partial charge on any atom is 0.207 e. The molecule has 1 aromatic heterocycles. The molecule has 0 fully saturated rings. The lowest BCUT2D eigenvalue weighted by Crippen LogP contribution is -1.99. The van der Waals surface area contributed by atoms with E-state index in [2.05, 4.69) is 26.1 Å². The van der Waals surface area contributed by atoms with Crippen LogP contribution in [0, 0.1) is 11.6 Å². The molecule has 3 nitrogen and oxygen atoms in total. The fourth-order valence-electron chi connectivity index (χ4n) is 1.07. The number of hydrogen-bond acceptors (Lipinski definition) is 4. The minimum Gasteiger partial charge on any atom is -0.483 e. The minimum absolute atomic E-state index is 0.0167. The van der Waals surface area contributed by atoms with Crippen molar-refractivity contribution in [1.82, 2.24) is 10.2 Å². The third-order valence-electron chi connectivity index (χ3n) is 1.75. The van der Waals surface area contributed by atoms with Gasteiger partial charge in [-0.1, -0.05) is 27.3 Å². The molecule has 0 aliphatic rings. The third kappa shape index (κ3) is 3.11. The van der Waals surface area contributed by atoms with Gasteiger partial charge in [0.25, 0.3) is 0 Å². The lowest BCUT2D eigenvalue weighted by Gasteiger charge is -2.06. The molecule has 2 aromatic rings. The van der Waals surface area contributed by atoms with E-state index >= 15 is 0 Å². The first kappa shape index (κ1) is 12.7. The SMILES string of the molecule is Fc1cc(Br)cc(OCc2nnc(Cl)s2)c1F. The van der Waals surface area contributed by atoms with Gasteiger partial charge in [0.05, 0.1) is 0 Å². The van der Waals surface area contributed by atoms with Crippen LogP contribution in [-0.4, -0.2) is 10.2 Å². The van der Waals surface area contributed by atoms with Crippen molar-refractivity contribution in [3.63, 3.8) is 0 Å². The van der Waals surface area contributed by atoms with Gasteiger partial charge in [0.15, 0.2) is 16.6 Å². The monoisotopic (exact) mass is 340 g/mol. The molecule has 0 N–H and O–H groups in total. The topological polar surface area (TPSA) is 35.0 Å². The molecule has 90 valence electrons. The number of nitrogens with zero attached hydrogens (tertiary/aromatic N) is 2. The van der Waals surface area contributed by atoms with Crippen molar-refractivity contribution in [2.45, 2.75) is 6.61 Å². The first-order valence-electron chi connectivity index (χ1n) is 4.31. The fraction of sp³-hybridized carbons (Fsp3) is 0.111. The highest BCUT2D eigenvalue weighted by Crippen LogP contribution is 2.26. The first-order valence-corrected chi connectivity index (χ1v) is 6.30.